The number of oxime groups is 1. The molecule has 1 aliphatic heterocycles. The Morgan fingerprint density at radius 2 is 1.82 bits per heavy atom. The monoisotopic (exact) mass is 582 g/mol. The average Bonchev–Trinajstić information content (AvgIpc) is 3.23. The molecule has 1 atom stereocenters. The summed E-state index contributed by atoms with van der Waals surface area (Å²) < 4.78 is 52.2. The maximum absolute atomic E-state index is 14.2. The van der Waals surface area contributed by atoms with Crippen molar-refractivity contribution in [3.8, 4) is 0 Å². The van der Waals surface area contributed by atoms with Gasteiger partial charge in [-0.15, -0.1) is 0 Å². The van der Waals surface area contributed by atoms with E-state index in [9.17, 15) is 22.8 Å². The van der Waals surface area contributed by atoms with Crippen LogP contribution in [0, 0.1) is 0 Å². The van der Waals surface area contributed by atoms with E-state index in [1.54, 1.807) is 0 Å². The fourth-order valence-electron chi connectivity index (χ4n) is 3.29. The van der Waals surface area contributed by atoms with Crippen LogP contribution in [0.25, 0.3) is 0 Å². The third-order valence-electron chi connectivity index (χ3n) is 4.95. The maximum atomic E-state index is 14.2. The van der Waals surface area contributed by atoms with E-state index in [0.29, 0.717) is 4.90 Å². The van der Waals surface area contributed by atoms with E-state index in [4.69, 9.17) is 32.8 Å². The fraction of sp³-hybridized carbons (Fsp3) is 0.286. The summed E-state index contributed by atoms with van der Waals surface area (Å²) in [6, 6.07) is 7.67. The molecule has 0 aliphatic carbocycles. The van der Waals surface area contributed by atoms with Gasteiger partial charge in [0.25, 0.3) is 11.5 Å². The number of nitrogens with zero attached hydrogens (tertiary/aromatic N) is 2. The molecule has 0 spiro atoms. The Morgan fingerprint density at radius 1 is 1.18 bits per heavy atom. The molecule has 1 heterocycles. The lowest BCUT2D eigenvalue weighted by atomic mass is 9.86. The minimum atomic E-state index is -4.85. The van der Waals surface area contributed by atoms with Crippen molar-refractivity contribution in [3.63, 3.8) is 0 Å². The molecule has 13 heteroatoms. The summed E-state index contributed by atoms with van der Waals surface area (Å²) in [6.07, 6.45) is -6.45. The number of benzene rings is 2. The van der Waals surface area contributed by atoms with Gasteiger partial charge in [-0.3, -0.25) is 4.79 Å². The van der Waals surface area contributed by atoms with Gasteiger partial charge in [0.2, 0.25) is 0 Å². The number of hydrogen-bond acceptors (Lipinski definition) is 6. The summed E-state index contributed by atoms with van der Waals surface area (Å²) in [5.74, 6) is -0.741. The molecule has 0 bridgehead atoms. The van der Waals surface area contributed by atoms with Crippen LogP contribution in [0.15, 0.2) is 46.0 Å². The summed E-state index contributed by atoms with van der Waals surface area (Å²) >= 11 is 15.1. The molecule has 34 heavy (non-hydrogen) atoms. The number of rotatable bonds is 5. The summed E-state index contributed by atoms with van der Waals surface area (Å²) in [6.45, 7) is -0.365. The molecule has 0 radical (unpaired) electrons. The highest BCUT2D eigenvalue weighted by Gasteiger charge is 2.62. The highest BCUT2D eigenvalue weighted by atomic mass is 79.9. The second kappa shape index (κ2) is 10.1. The van der Waals surface area contributed by atoms with Crippen LogP contribution in [-0.4, -0.2) is 49.7 Å². The van der Waals surface area contributed by atoms with Crippen molar-refractivity contribution in [1.82, 2.24) is 4.90 Å². The van der Waals surface area contributed by atoms with Crippen LogP contribution in [0.2, 0.25) is 10.0 Å². The molecule has 0 saturated carbocycles. The number of alkyl halides is 3. The van der Waals surface area contributed by atoms with E-state index in [1.165, 1.54) is 31.4 Å². The molecule has 0 saturated heterocycles. The lowest BCUT2D eigenvalue weighted by Gasteiger charge is -2.29. The second-order valence-electron chi connectivity index (χ2n) is 7.10. The predicted octanol–water partition coefficient (Wildman–Crippen LogP) is 6.15. The maximum Gasteiger partial charge on any atom is 0.435 e. The first-order valence-corrected chi connectivity index (χ1v) is 11.0. The van der Waals surface area contributed by atoms with Crippen LogP contribution in [0.3, 0.4) is 0 Å². The first kappa shape index (κ1) is 26.3. The van der Waals surface area contributed by atoms with Gasteiger partial charge in [-0.1, -0.05) is 34.4 Å². The zero-order valence-electron chi connectivity index (χ0n) is 17.6. The lowest BCUT2D eigenvalue weighted by Crippen LogP contribution is -2.42. The molecule has 0 aromatic heterocycles. The zero-order valence-corrected chi connectivity index (χ0v) is 20.7. The van der Waals surface area contributed by atoms with Crippen molar-refractivity contribution in [2.45, 2.75) is 18.2 Å². The molecular weight excluding hydrogens is 568 g/mol. The molecule has 2 aromatic carbocycles. The average molecular weight is 584 g/mol. The van der Waals surface area contributed by atoms with Crippen molar-refractivity contribution in [2.24, 2.45) is 5.16 Å². The van der Waals surface area contributed by atoms with Crippen LogP contribution in [0.1, 0.15) is 27.9 Å². The Hall–Kier alpha value is -2.34. The van der Waals surface area contributed by atoms with Gasteiger partial charge >= 0.3 is 12.3 Å². The Bertz CT molecular complexity index is 1140. The van der Waals surface area contributed by atoms with Gasteiger partial charge in [0.1, 0.15) is 6.73 Å². The first-order valence-electron chi connectivity index (χ1n) is 9.40. The Labute approximate surface area is 210 Å². The molecule has 0 N–H and O–H groups in total. The topological polar surface area (TPSA) is 77.4 Å². The minimum absolute atomic E-state index is 0.0139. The summed E-state index contributed by atoms with van der Waals surface area (Å²) in [5.41, 5.74) is -2.79. The third kappa shape index (κ3) is 5.02. The zero-order chi connectivity index (χ0) is 25.3. The van der Waals surface area contributed by atoms with Crippen LogP contribution >= 0.6 is 39.1 Å². The number of imide groups is 1. The van der Waals surface area contributed by atoms with E-state index in [1.807, 2.05) is 0 Å². The Balaban J connectivity index is 1.94. The molecule has 2 amide bonds. The number of amides is 2. The molecular formula is C21H16BrCl2F3N2O5. The van der Waals surface area contributed by atoms with Crippen LogP contribution in [0.5, 0.6) is 0 Å². The highest BCUT2D eigenvalue weighted by Crippen LogP contribution is 2.49. The largest absolute Gasteiger partial charge is 0.452 e. The molecule has 3 rings (SSSR count). The van der Waals surface area contributed by atoms with Crippen LogP contribution in [0.4, 0.5) is 18.0 Å². The van der Waals surface area contributed by atoms with E-state index < -0.39 is 30.2 Å². The van der Waals surface area contributed by atoms with E-state index >= 15 is 0 Å². The van der Waals surface area contributed by atoms with Crippen molar-refractivity contribution in [3.05, 3.63) is 67.6 Å². The van der Waals surface area contributed by atoms with E-state index in [-0.39, 0.29) is 43.7 Å². The summed E-state index contributed by atoms with van der Waals surface area (Å²) in [5, 5.41) is 3.71. The van der Waals surface area contributed by atoms with E-state index in [2.05, 4.69) is 25.8 Å². The SMILES string of the molecule is COCN(C(=O)OC)C(=O)c1ccc(C2=NOC(c3cc(Cl)cc(Cl)c3)(C(F)(F)F)C2)cc1Br. The summed E-state index contributed by atoms with van der Waals surface area (Å²) in [7, 11) is 2.40. The van der Waals surface area contributed by atoms with Crippen molar-refractivity contribution in [1.29, 1.82) is 0 Å². The van der Waals surface area contributed by atoms with Gasteiger partial charge in [0, 0.05) is 39.2 Å². The molecule has 0 fully saturated rings. The van der Waals surface area contributed by atoms with Gasteiger partial charge in [-0.2, -0.15) is 13.2 Å². The molecule has 2 aromatic rings. The fourth-order valence-corrected chi connectivity index (χ4v) is 4.37. The first-order chi connectivity index (χ1) is 15.9. The quantitative estimate of drug-likeness (QED) is 0.395. The number of carbonyl (C=O) groups is 2. The Kier molecular flexibility index (Phi) is 7.81. The Morgan fingerprint density at radius 3 is 2.35 bits per heavy atom. The number of methoxy groups -OCH3 is 2. The normalized spacial score (nSPS) is 17.7. The number of hydrogen-bond donors (Lipinski definition) is 0. The minimum Gasteiger partial charge on any atom is -0.452 e. The standard InChI is InChI=1S/C21H16BrCl2F3N2O5/c1-32-10-29(19(31)33-2)18(30)15-4-3-11(5-16(15)22)17-9-20(34-28-17,21(25,26)27)12-6-13(23)8-14(24)7-12/h3-8H,9-10H2,1-2H3. The lowest BCUT2D eigenvalue weighted by molar-refractivity contribution is -0.275. The van der Waals surface area contributed by atoms with Crippen molar-refractivity contribution in [2.75, 3.05) is 21.0 Å². The molecule has 182 valence electrons. The second-order valence-corrected chi connectivity index (χ2v) is 8.83. The van der Waals surface area contributed by atoms with Gasteiger partial charge in [0.05, 0.1) is 18.4 Å². The number of ether oxygens (including phenoxy) is 2. The highest BCUT2D eigenvalue weighted by molar-refractivity contribution is 9.10. The molecule has 1 unspecified atom stereocenters. The van der Waals surface area contributed by atoms with Crippen LogP contribution in [-0.2, 0) is 19.9 Å². The molecule has 7 nitrogen and oxygen atoms in total. The van der Waals surface area contributed by atoms with Crippen molar-refractivity contribution < 1.29 is 37.1 Å². The van der Waals surface area contributed by atoms with Crippen LogP contribution < -0.4 is 0 Å². The van der Waals surface area contributed by atoms with Gasteiger partial charge in [0.15, 0.2) is 0 Å². The third-order valence-corrected chi connectivity index (χ3v) is 6.04. The van der Waals surface area contributed by atoms with Gasteiger partial charge in [-0.05, 0) is 46.3 Å². The van der Waals surface area contributed by atoms with Crippen molar-refractivity contribution >= 4 is 56.8 Å². The number of carbonyl (C=O) groups excluding carboxylic acids is 2. The summed E-state index contributed by atoms with van der Waals surface area (Å²) in [4.78, 5) is 30.3. The molecule has 1 aliphatic rings. The van der Waals surface area contributed by atoms with Gasteiger partial charge < -0.3 is 14.3 Å². The number of halogens is 6. The predicted molar refractivity (Wildman–Crippen MR) is 121 cm³/mol. The van der Waals surface area contributed by atoms with E-state index in [0.717, 1.165) is 19.2 Å². The van der Waals surface area contributed by atoms with Gasteiger partial charge in [-0.25, -0.2) is 9.69 Å². The smallest absolute Gasteiger partial charge is 0.435 e.